The van der Waals surface area contributed by atoms with Gasteiger partial charge in [0.2, 0.25) is 11.5 Å². The second-order valence-corrected chi connectivity index (χ2v) is 7.15. The van der Waals surface area contributed by atoms with Crippen LogP contribution in [0.3, 0.4) is 0 Å². The summed E-state index contributed by atoms with van der Waals surface area (Å²) in [5.74, 6) is -1.50. The number of nitrogens with one attached hydrogen (secondary N) is 1. The second kappa shape index (κ2) is 6.49. The number of amides is 1. The average Bonchev–Trinajstić information content (AvgIpc) is 2.82. The number of aryl methyl sites for hydroxylation is 1. The molecule has 0 saturated carbocycles. The van der Waals surface area contributed by atoms with E-state index < -0.39 is 29.9 Å². The molecule has 1 amide bonds. The number of carbonyl (C=O) groups is 1. The number of imidazole rings is 1. The summed E-state index contributed by atoms with van der Waals surface area (Å²) in [6.07, 6.45) is -1.89. The monoisotopic (exact) mass is 339 g/mol. The molecule has 9 heteroatoms. The van der Waals surface area contributed by atoms with Crippen LogP contribution < -0.4 is 5.32 Å². The maximum Gasteiger partial charge on any atom is 0.425 e. The summed E-state index contributed by atoms with van der Waals surface area (Å²) in [6, 6.07) is 0. The van der Waals surface area contributed by atoms with Crippen molar-refractivity contribution in [1.29, 1.82) is 0 Å². The Kier molecular flexibility index (Phi) is 5.56. The van der Waals surface area contributed by atoms with Gasteiger partial charge in [0.05, 0.1) is 6.42 Å². The summed E-state index contributed by atoms with van der Waals surface area (Å²) in [4.78, 5) is 15.4. The first-order valence-electron chi connectivity index (χ1n) is 6.52. The predicted molar refractivity (Wildman–Crippen MR) is 78.4 cm³/mol. The van der Waals surface area contributed by atoms with Crippen LogP contribution in [0.4, 0.5) is 13.2 Å². The molecule has 1 atom stereocenters. The molecule has 1 heterocycles. The Hall–Kier alpha value is -1.22. The third-order valence-electron chi connectivity index (χ3n) is 3.34. The minimum atomic E-state index is -5.02. The van der Waals surface area contributed by atoms with Crippen LogP contribution in [-0.4, -0.2) is 44.3 Å². The lowest BCUT2D eigenvalue weighted by atomic mass is 9.97. The lowest BCUT2D eigenvalue weighted by Crippen LogP contribution is -2.48. The summed E-state index contributed by atoms with van der Waals surface area (Å²) in [7, 11) is 1.33. The highest BCUT2D eigenvalue weighted by Crippen LogP contribution is 2.40. The number of hydrogen-bond donors (Lipinski definition) is 2. The largest absolute Gasteiger partial charge is 0.425 e. The first-order chi connectivity index (χ1) is 9.93. The molecule has 0 spiro atoms. The van der Waals surface area contributed by atoms with Gasteiger partial charge >= 0.3 is 6.18 Å². The van der Waals surface area contributed by atoms with Crippen LogP contribution >= 0.6 is 11.8 Å². The number of thioether (sulfide) groups is 1. The molecule has 0 fully saturated rings. The molecule has 1 unspecified atom stereocenters. The topological polar surface area (TPSA) is 67.2 Å². The van der Waals surface area contributed by atoms with Gasteiger partial charge in [-0.25, -0.2) is 4.98 Å². The Labute approximate surface area is 131 Å². The molecular weight excluding hydrogens is 319 g/mol. The number of aliphatic hydroxyl groups is 1. The third kappa shape index (κ3) is 4.16. The lowest BCUT2D eigenvalue weighted by Gasteiger charge is -2.30. The van der Waals surface area contributed by atoms with Crippen molar-refractivity contribution < 1.29 is 23.1 Å². The highest BCUT2D eigenvalue weighted by Gasteiger charge is 2.58. The average molecular weight is 339 g/mol. The van der Waals surface area contributed by atoms with E-state index >= 15 is 0 Å². The number of rotatable bonds is 6. The van der Waals surface area contributed by atoms with Crippen LogP contribution in [0.1, 0.15) is 26.1 Å². The lowest BCUT2D eigenvalue weighted by molar-refractivity contribution is -0.271. The minimum absolute atomic E-state index is 0.196. The van der Waals surface area contributed by atoms with E-state index in [1.807, 2.05) is 20.1 Å². The highest BCUT2D eigenvalue weighted by atomic mass is 32.2. The number of nitrogens with zero attached hydrogens (tertiary/aromatic N) is 2. The predicted octanol–water partition coefficient (Wildman–Crippen LogP) is 1.82. The van der Waals surface area contributed by atoms with Gasteiger partial charge in [-0.1, -0.05) is 0 Å². The van der Waals surface area contributed by atoms with Crippen LogP contribution in [0.5, 0.6) is 0 Å². The second-order valence-electron chi connectivity index (χ2n) is 5.64. The molecule has 1 aromatic heterocycles. The SMILES string of the molecule is CSC(C)(C)CNC(=O)CC(O)(c1nccn1C)C(F)(F)F. The summed E-state index contributed by atoms with van der Waals surface area (Å²) >= 11 is 1.48. The van der Waals surface area contributed by atoms with E-state index in [0.717, 1.165) is 10.8 Å². The first kappa shape index (κ1) is 18.8. The van der Waals surface area contributed by atoms with Gasteiger partial charge in [0, 0.05) is 30.7 Å². The fourth-order valence-electron chi connectivity index (χ4n) is 1.75. The van der Waals surface area contributed by atoms with E-state index in [1.54, 1.807) is 0 Å². The molecule has 126 valence electrons. The molecule has 0 radical (unpaired) electrons. The summed E-state index contributed by atoms with van der Waals surface area (Å²) in [6.45, 7) is 3.90. The van der Waals surface area contributed by atoms with E-state index in [4.69, 9.17) is 0 Å². The van der Waals surface area contributed by atoms with E-state index in [0.29, 0.717) is 0 Å². The minimum Gasteiger partial charge on any atom is -0.374 e. The molecular formula is C13H20F3N3O2S. The molecule has 1 aromatic rings. The van der Waals surface area contributed by atoms with Crippen LogP contribution in [-0.2, 0) is 17.4 Å². The molecule has 0 aromatic carbocycles. The van der Waals surface area contributed by atoms with Crippen LogP contribution in [0.15, 0.2) is 12.4 Å². The Bertz CT molecular complexity index is 531. The number of aromatic nitrogens is 2. The van der Waals surface area contributed by atoms with E-state index in [9.17, 15) is 23.1 Å². The third-order valence-corrected chi connectivity index (χ3v) is 4.59. The first-order valence-corrected chi connectivity index (χ1v) is 7.74. The molecule has 0 aliphatic carbocycles. The zero-order valence-electron chi connectivity index (χ0n) is 12.9. The molecule has 1 rings (SSSR count). The van der Waals surface area contributed by atoms with Crippen molar-refractivity contribution in [2.45, 2.75) is 36.8 Å². The maximum atomic E-state index is 13.3. The number of halogens is 3. The van der Waals surface area contributed by atoms with Gasteiger partial charge in [0.1, 0.15) is 0 Å². The molecule has 22 heavy (non-hydrogen) atoms. The number of hydrogen-bond acceptors (Lipinski definition) is 4. The van der Waals surface area contributed by atoms with Crippen LogP contribution in [0.25, 0.3) is 0 Å². The van der Waals surface area contributed by atoms with E-state index in [-0.39, 0.29) is 11.3 Å². The summed E-state index contributed by atoms with van der Waals surface area (Å²) < 4.78 is 40.5. The summed E-state index contributed by atoms with van der Waals surface area (Å²) in [5.41, 5.74) is -3.32. The normalized spacial score (nSPS) is 15.5. The molecule has 0 aliphatic rings. The number of carbonyl (C=O) groups excluding carboxylic acids is 1. The molecule has 5 nitrogen and oxygen atoms in total. The molecule has 0 bridgehead atoms. The quantitative estimate of drug-likeness (QED) is 0.830. The van der Waals surface area contributed by atoms with Crippen LogP contribution in [0, 0.1) is 0 Å². The van der Waals surface area contributed by atoms with Crippen molar-refractivity contribution in [2.75, 3.05) is 12.8 Å². The smallest absolute Gasteiger partial charge is 0.374 e. The van der Waals surface area contributed by atoms with Gasteiger partial charge in [-0.05, 0) is 20.1 Å². The zero-order chi connectivity index (χ0) is 17.2. The molecule has 0 aliphatic heterocycles. The molecule has 2 N–H and O–H groups in total. The molecule has 0 saturated heterocycles. The van der Waals surface area contributed by atoms with Crippen molar-refractivity contribution >= 4 is 17.7 Å². The maximum absolute atomic E-state index is 13.3. The number of alkyl halides is 3. The fraction of sp³-hybridized carbons (Fsp3) is 0.692. The van der Waals surface area contributed by atoms with Crippen LogP contribution in [0.2, 0.25) is 0 Å². The Morgan fingerprint density at radius 2 is 2.05 bits per heavy atom. The Balaban J connectivity index is 2.93. The van der Waals surface area contributed by atoms with Crippen molar-refractivity contribution in [1.82, 2.24) is 14.9 Å². The van der Waals surface area contributed by atoms with E-state index in [2.05, 4.69) is 10.3 Å². The summed E-state index contributed by atoms with van der Waals surface area (Å²) in [5, 5.41) is 12.5. The van der Waals surface area contributed by atoms with Gasteiger partial charge in [0.15, 0.2) is 5.82 Å². The van der Waals surface area contributed by atoms with Gasteiger partial charge in [-0.15, -0.1) is 0 Å². The standard InChI is InChI=1S/C13H20F3N3O2S/c1-11(2,22-4)8-18-9(20)7-12(21,13(14,15)16)10-17-5-6-19(10)3/h5-6,21H,7-8H2,1-4H3,(H,18,20). The van der Waals surface area contributed by atoms with Gasteiger partial charge < -0.3 is 15.0 Å². The highest BCUT2D eigenvalue weighted by molar-refractivity contribution is 7.99. The van der Waals surface area contributed by atoms with Gasteiger partial charge in [0.25, 0.3) is 0 Å². The Morgan fingerprint density at radius 3 is 2.45 bits per heavy atom. The zero-order valence-corrected chi connectivity index (χ0v) is 13.7. The van der Waals surface area contributed by atoms with Crippen molar-refractivity contribution in [3.8, 4) is 0 Å². The fourth-order valence-corrected chi connectivity index (χ4v) is 1.97. The van der Waals surface area contributed by atoms with Gasteiger partial charge in [-0.2, -0.15) is 24.9 Å². The van der Waals surface area contributed by atoms with Crippen molar-refractivity contribution in [3.63, 3.8) is 0 Å². The Morgan fingerprint density at radius 1 is 1.45 bits per heavy atom. The van der Waals surface area contributed by atoms with Crippen molar-refractivity contribution in [3.05, 3.63) is 18.2 Å². The van der Waals surface area contributed by atoms with E-state index in [1.165, 1.54) is 25.0 Å². The van der Waals surface area contributed by atoms with Gasteiger partial charge in [-0.3, -0.25) is 4.79 Å². The van der Waals surface area contributed by atoms with Crippen molar-refractivity contribution in [2.24, 2.45) is 7.05 Å².